The van der Waals surface area contributed by atoms with Crippen LogP contribution in [0, 0.1) is 0 Å². The van der Waals surface area contributed by atoms with Crippen molar-refractivity contribution >= 4 is 5.91 Å². The Bertz CT molecular complexity index is 521. The zero-order valence-corrected chi connectivity index (χ0v) is 11.4. The van der Waals surface area contributed by atoms with Crippen molar-refractivity contribution in [1.29, 1.82) is 0 Å². The van der Waals surface area contributed by atoms with Gasteiger partial charge >= 0.3 is 0 Å². The predicted molar refractivity (Wildman–Crippen MR) is 77.5 cm³/mol. The molecule has 19 heavy (non-hydrogen) atoms. The van der Waals surface area contributed by atoms with Gasteiger partial charge in [-0.1, -0.05) is 60.7 Å². The van der Waals surface area contributed by atoms with Gasteiger partial charge in [-0.25, -0.2) is 0 Å². The molecule has 1 amide bonds. The van der Waals surface area contributed by atoms with Crippen molar-refractivity contribution in [3.8, 4) is 0 Å². The molecule has 98 valence electrons. The summed E-state index contributed by atoms with van der Waals surface area (Å²) in [7, 11) is 0. The van der Waals surface area contributed by atoms with Crippen LogP contribution in [-0.4, -0.2) is 10.8 Å². The van der Waals surface area contributed by atoms with E-state index >= 15 is 0 Å². The Morgan fingerprint density at radius 2 is 1.53 bits per heavy atom. The van der Waals surface area contributed by atoms with Gasteiger partial charge in [0.2, 0.25) is 5.91 Å². The lowest BCUT2D eigenvalue weighted by atomic mass is 10.1. The lowest BCUT2D eigenvalue weighted by Crippen LogP contribution is -2.31. The maximum Gasteiger partial charge on any atom is 0.220 e. The SMILES string of the molecule is CC(=O)N(Cc1ccccc1)C(C)c1ccccc1. The number of hydrogen-bond acceptors (Lipinski definition) is 1. The molecule has 0 radical (unpaired) electrons. The van der Waals surface area contributed by atoms with E-state index in [1.165, 1.54) is 0 Å². The summed E-state index contributed by atoms with van der Waals surface area (Å²) < 4.78 is 0. The average Bonchev–Trinajstić information content (AvgIpc) is 2.46. The van der Waals surface area contributed by atoms with Crippen molar-refractivity contribution in [3.63, 3.8) is 0 Å². The lowest BCUT2D eigenvalue weighted by molar-refractivity contribution is -0.131. The summed E-state index contributed by atoms with van der Waals surface area (Å²) in [6.07, 6.45) is 0. The summed E-state index contributed by atoms with van der Waals surface area (Å²) in [5.41, 5.74) is 2.31. The lowest BCUT2D eigenvalue weighted by Gasteiger charge is -2.28. The van der Waals surface area contributed by atoms with Gasteiger partial charge in [0.15, 0.2) is 0 Å². The first-order valence-corrected chi connectivity index (χ1v) is 6.54. The molecule has 2 heteroatoms. The second kappa shape index (κ2) is 6.19. The van der Waals surface area contributed by atoms with Crippen LogP contribution < -0.4 is 0 Å². The van der Waals surface area contributed by atoms with E-state index in [2.05, 4.69) is 19.1 Å². The molecule has 0 spiro atoms. The van der Waals surface area contributed by atoms with Gasteiger partial charge in [-0.15, -0.1) is 0 Å². The third-order valence-corrected chi connectivity index (χ3v) is 3.35. The molecule has 0 saturated heterocycles. The molecule has 1 unspecified atom stereocenters. The van der Waals surface area contributed by atoms with Crippen LogP contribution in [0.2, 0.25) is 0 Å². The van der Waals surface area contributed by atoms with Crippen LogP contribution in [0.3, 0.4) is 0 Å². The minimum atomic E-state index is 0.0823. The zero-order valence-electron chi connectivity index (χ0n) is 11.4. The van der Waals surface area contributed by atoms with E-state index in [4.69, 9.17) is 0 Å². The molecule has 0 heterocycles. The molecule has 2 aromatic rings. The number of rotatable bonds is 4. The fraction of sp³-hybridized carbons (Fsp3) is 0.235. The monoisotopic (exact) mass is 253 g/mol. The van der Waals surface area contributed by atoms with E-state index in [0.717, 1.165) is 11.1 Å². The molecule has 0 aromatic heterocycles. The summed E-state index contributed by atoms with van der Waals surface area (Å²) in [5.74, 6) is 0.0974. The van der Waals surface area contributed by atoms with E-state index in [9.17, 15) is 4.79 Å². The van der Waals surface area contributed by atoms with Crippen LogP contribution in [0.4, 0.5) is 0 Å². The minimum Gasteiger partial charge on any atom is -0.332 e. The normalized spacial score (nSPS) is 11.9. The Kier molecular flexibility index (Phi) is 4.35. The first-order valence-electron chi connectivity index (χ1n) is 6.54. The topological polar surface area (TPSA) is 20.3 Å². The number of carbonyl (C=O) groups excluding carboxylic acids is 1. The van der Waals surface area contributed by atoms with E-state index < -0.39 is 0 Å². The van der Waals surface area contributed by atoms with Gasteiger partial charge in [-0.05, 0) is 18.1 Å². The molecular weight excluding hydrogens is 234 g/mol. The molecule has 2 rings (SSSR count). The van der Waals surface area contributed by atoms with Gasteiger partial charge in [0.1, 0.15) is 0 Å². The van der Waals surface area contributed by atoms with E-state index in [-0.39, 0.29) is 11.9 Å². The van der Waals surface area contributed by atoms with Crippen molar-refractivity contribution in [2.45, 2.75) is 26.4 Å². The summed E-state index contributed by atoms with van der Waals surface area (Å²) in [6, 6.07) is 20.3. The van der Waals surface area contributed by atoms with Crippen LogP contribution in [0.25, 0.3) is 0 Å². The molecular formula is C17H19NO. The maximum absolute atomic E-state index is 11.9. The quantitative estimate of drug-likeness (QED) is 0.811. The van der Waals surface area contributed by atoms with Crippen molar-refractivity contribution < 1.29 is 4.79 Å². The summed E-state index contributed by atoms with van der Waals surface area (Å²) in [5, 5.41) is 0. The highest BCUT2D eigenvalue weighted by Gasteiger charge is 2.18. The number of amides is 1. The van der Waals surface area contributed by atoms with Gasteiger partial charge < -0.3 is 4.90 Å². The highest BCUT2D eigenvalue weighted by atomic mass is 16.2. The van der Waals surface area contributed by atoms with Crippen LogP contribution in [-0.2, 0) is 11.3 Å². The van der Waals surface area contributed by atoms with Gasteiger partial charge in [0, 0.05) is 13.5 Å². The van der Waals surface area contributed by atoms with E-state index in [1.807, 2.05) is 53.4 Å². The van der Waals surface area contributed by atoms with Crippen LogP contribution >= 0.6 is 0 Å². The van der Waals surface area contributed by atoms with E-state index in [1.54, 1.807) is 6.92 Å². The second-order valence-corrected chi connectivity index (χ2v) is 4.72. The Balaban J connectivity index is 2.19. The van der Waals surface area contributed by atoms with E-state index in [0.29, 0.717) is 6.54 Å². The maximum atomic E-state index is 11.9. The Labute approximate surface area is 114 Å². The molecule has 0 aliphatic heterocycles. The van der Waals surface area contributed by atoms with Crippen molar-refractivity contribution in [3.05, 3.63) is 71.8 Å². The summed E-state index contributed by atoms with van der Waals surface area (Å²) >= 11 is 0. The molecule has 0 bridgehead atoms. The minimum absolute atomic E-state index is 0.0823. The molecule has 0 N–H and O–H groups in total. The van der Waals surface area contributed by atoms with Crippen LogP contribution in [0.5, 0.6) is 0 Å². The van der Waals surface area contributed by atoms with Crippen LogP contribution in [0.15, 0.2) is 60.7 Å². The standard InChI is InChI=1S/C17H19NO/c1-14(17-11-7-4-8-12-17)18(15(2)19)13-16-9-5-3-6-10-16/h3-12,14H,13H2,1-2H3. The van der Waals surface area contributed by atoms with Gasteiger partial charge in [-0.3, -0.25) is 4.79 Å². The molecule has 0 fully saturated rings. The fourth-order valence-electron chi connectivity index (χ4n) is 2.21. The molecule has 2 aromatic carbocycles. The number of hydrogen-bond donors (Lipinski definition) is 0. The largest absolute Gasteiger partial charge is 0.332 e. The second-order valence-electron chi connectivity index (χ2n) is 4.72. The average molecular weight is 253 g/mol. The Morgan fingerprint density at radius 1 is 1.00 bits per heavy atom. The zero-order chi connectivity index (χ0) is 13.7. The van der Waals surface area contributed by atoms with Crippen molar-refractivity contribution in [2.75, 3.05) is 0 Å². The third-order valence-electron chi connectivity index (χ3n) is 3.35. The first-order chi connectivity index (χ1) is 9.18. The van der Waals surface area contributed by atoms with Gasteiger partial charge in [0.25, 0.3) is 0 Å². The van der Waals surface area contributed by atoms with Gasteiger partial charge in [-0.2, -0.15) is 0 Å². The Hall–Kier alpha value is -2.09. The summed E-state index contributed by atoms with van der Waals surface area (Å²) in [6.45, 7) is 4.34. The molecule has 0 aliphatic carbocycles. The fourth-order valence-corrected chi connectivity index (χ4v) is 2.21. The molecule has 1 atom stereocenters. The number of nitrogens with zero attached hydrogens (tertiary/aromatic N) is 1. The number of benzene rings is 2. The Morgan fingerprint density at radius 3 is 2.05 bits per heavy atom. The molecule has 0 saturated carbocycles. The molecule has 0 aliphatic rings. The third kappa shape index (κ3) is 3.44. The highest BCUT2D eigenvalue weighted by Crippen LogP contribution is 2.22. The number of carbonyl (C=O) groups is 1. The van der Waals surface area contributed by atoms with Crippen LogP contribution in [0.1, 0.15) is 31.0 Å². The summed E-state index contributed by atoms with van der Waals surface area (Å²) in [4.78, 5) is 13.8. The molecule has 2 nitrogen and oxygen atoms in total. The predicted octanol–water partition coefficient (Wildman–Crippen LogP) is 3.80. The van der Waals surface area contributed by atoms with Crippen molar-refractivity contribution in [2.24, 2.45) is 0 Å². The first kappa shape index (κ1) is 13.3. The van der Waals surface area contributed by atoms with Crippen molar-refractivity contribution in [1.82, 2.24) is 4.90 Å². The highest BCUT2D eigenvalue weighted by molar-refractivity contribution is 5.73. The van der Waals surface area contributed by atoms with Gasteiger partial charge in [0.05, 0.1) is 6.04 Å². The smallest absolute Gasteiger partial charge is 0.220 e.